The Bertz CT molecular complexity index is 848. The van der Waals surface area contributed by atoms with Crippen molar-refractivity contribution in [3.05, 3.63) is 107 Å². The van der Waals surface area contributed by atoms with Crippen LogP contribution in [0.15, 0.2) is 83.9 Å². The minimum Gasteiger partial charge on any atom is -0.378 e. The highest BCUT2D eigenvalue weighted by Crippen LogP contribution is 2.36. The van der Waals surface area contributed by atoms with Gasteiger partial charge in [-0.1, -0.05) is 66.4 Å². The van der Waals surface area contributed by atoms with E-state index in [-0.39, 0.29) is 22.9 Å². The molecule has 0 saturated carbocycles. The van der Waals surface area contributed by atoms with E-state index >= 15 is 0 Å². The molecular weight excluding hydrogens is 362 g/mol. The first-order chi connectivity index (χ1) is 13.0. The minimum absolute atomic E-state index is 0.0826. The molecule has 0 bridgehead atoms. The number of aliphatic imine (C=N–C) groups is 1. The fourth-order valence-corrected chi connectivity index (χ4v) is 3.80. The van der Waals surface area contributed by atoms with Crippen LogP contribution in [0.5, 0.6) is 0 Å². The molecule has 1 atom stereocenters. The van der Waals surface area contributed by atoms with E-state index in [4.69, 9.17) is 5.73 Å². The van der Waals surface area contributed by atoms with Gasteiger partial charge in [0.15, 0.2) is 5.17 Å². The lowest BCUT2D eigenvalue weighted by molar-refractivity contribution is 0.626. The predicted molar refractivity (Wildman–Crippen MR) is 109 cm³/mol. The monoisotopic (exact) mass is 382 g/mol. The Balaban J connectivity index is 1.87. The smallest absolute Gasteiger partial charge is 0.155 e. The molecular formula is C22H20F2N2S. The van der Waals surface area contributed by atoms with Crippen LogP contribution in [-0.4, -0.2) is 5.17 Å². The normalized spacial score (nSPS) is 13.0. The van der Waals surface area contributed by atoms with Gasteiger partial charge in [-0.2, -0.15) is 0 Å². The molecule has 0 aliphatic carbocycles. The highest BCUT2D eigenvalue weighted by molar-refractivity contribution is 8.14. The lowest BCUT2D eigenvalue weighted by Crippen LogP contribution is -2.12. The van der Waals surface area contributed by atoms with Crippen LogP contribution in [0.25, 0.3) is 0 Å². The highest BCUT2D eigenvalue weighted by atomic mass is 32.2. The molecule has 0 saturated heterocycles. The molecule has 2 nitrogen and oxygen atoms in total. The SMILES string of the molecule is C[C@H](N=C(N)SC(c1ccc(F)cc1)c1ccc(F)cc1)c1ccccc1. The zero-order valence-corrected chi connectivity index (χ0v) is 15.7. The Morgan fingerprint density at radius 3 is 1.74 bits per heavy atom. The van der Waals surface area contributed by atoms with Gasteiger partial charge >= 0.3 is 0 Å². The summed E-state index contributed by atoms with van der Waals surface area (Å²) in [5.41, 5.74) is 9.03. The molecule has 3 rings (SSSR count). The van der Waals surface area contributed by atoms with Crippen molar-refractivity contribution in [3.63, 3.8) is 0 Å². The van der Waals surface area contributed by atoms with Gasteiger partial charge in [0.1, 0.15) is 11.6 Å². The summed E-state index contributed by atoms with van der Waals surface area (Å²) in [5, 5.41) is 0.211. The third-order valence-corrected chi connectivity index (χ3v) is 5.31. The average Bonchev–Trinajstić information content (AvgIpc) is 2.68. The van der Waals surface area contributed by atoms with E-state index in [0.717, 1.165) is 16.7 Å². The summed E-state index contributed by atoms with van der Waals surface area (Å²) in [4.78, 5) is 4.58. The molecule has 0 fully saturated rings. The van der Waals surface area contributed by atoms with Gasteiger partial charge in [-0.25, -0.2) is 8.78 Å². The Morgan fingerprint density at radius 2 is 1.26 bits per heavy atom. The van der Waals surface area contributed by atoms with E-state index in [9.17, 15) is 8.78 Å². The molecule has 0 radical (unpaired) electrons. The molecule has 0 aliphatic rings. The van der Waals surface area contributed by atoms with E-state index in [1.165, 1.54) is 36.0 Å². The first kappa shape index (κ1) is 19.1. The maximum Gasteiger partial charge on any atom is 0.155 e. The first-order valence-corrected chi connectivity index (χ1v) is 9.46. The predicted octanol–water partition coefficient (Wildman–Crippen LogP) is 5.86. The molecule has 0 aromatic heterocycles. The zero-order chi connectivity index (χ0) is 19.2. The van der Waals surface area contributed by atoms with Crippen molar-refractivity contribution in [2.75, 3.05) is 0 Å². The second-order valence-corrected chi connectivity index (χ2v) is 7.28. The minimum atomic E-state index is -0.305. The number of rotatable bonds is 5. The van der Waals surface area contributed by atoms with Crippen LogP contribution in [0, 0.1) is 11.6 Å². The van der Waals surface area contributed by atoms with Crippen molar-refractivity contribution in [2.24, 2.45) is 10.7 Å². The lowest BCUT2D eigenvalue weighted by atomic mass is 10.0. The van der Waals surface area contributed by atoms with E-state index < -0.39 is 0 Å². The van der Waals surface area contributed by atoms with Crippen molar-refractivity contribution in [3.8, 4) is 0 Å². The molecule has 0 spiro atoms. The Kier molecular flexibility index (Phi) is 6.24. The van der Waals surface area contributed by atoms with Crippen molar-refractivity contribution in [1.82, 2.24) is 0 Å². The largest absolute Gasteiger partial charge is 0.378 e. The number of hydrogen-bond acceptors (Lipinski definition) is 2. The molecule has 2 N–H and O–H groups in total. The van der Waals surface area contributed by atoms with E-state index in [0.29, 0.717) is 5.17 Å². The summed E-state index contributed by atoms with van der Waals surface area (Å²) >= 11 is 1.37. The Labute approximate surface area is 162 Å². The zero-order valence-electron chi connectivity index (χ0n) is 14.8. The molecule has 0 aliphatic heterocycles. The van der Waals surface area contributed by atoms with Gasteiger partial charge in [0.05, 0.1) is 11.3 Å². The van der Waals surface area contributed by atoms with Gasteiger partial charge in [0.2, 0.25) is 0 Å². The van der Waals surface area contributed by atoms with Crippen LogP contribution in [0.3, 0.4) is 0 Å². The third kappa shape index (κ3) is 5.17. The summed E-state index contributed by atoms with van der Waals surface area (Å²) in [6.07, 6.45) is 0. The van der Waals surface area contributed by atoms with Gasteiger partial charge in [-0.3, -0.25) is 4.99 Å². The standard InChI is InChI=1S/C22H20F2N2S/c1-15(16-5-3-2-4-6-16)26-22(25)27-21(17-7-11-19(23)12-8-17)18-9-13-20(24)14-10-18/h2-15,21H,1H3,(H2,25,26)/t15-/m0/s1. The molecule has 138 valence electrons. The summed E-state index contributed by atoms with van der Waals surface area (Å²) in [5.74, 6) is -0.609. The van der Waals surface area contributed by atoms with E-state index in [1.54, 1.807) is 24.3 Å². The fraction of sp³-hybridized carbons (Fsp3) is 0.136. The second kappa shape index (κ2) is 8.82. The molecule has 0 heterocycles. The maximum atomic E-state index is 13.3. The summed E-state index contributed by atoms with van der Waals surface area (Å²) in [6.45, 7) is 1.98. The van der Waals surface area contributed by atoms with Gasteiger partial charge in [-0.15, -0.1) is 0 Å². The molecule has 0 amide bonds. The molecule has 27 heavy (non-hydrogen) atoms. The first-order valence-electron chi connectivity index (χ1n) is 8.59. The average molecular weight is 382 g/mol. The van der Waals surface area contributed by atoms with Crippen LogP contribution < -0.4 is 5.73 Å². The van der Waals surface area contributed by atoms with Crippen LogP contribution in [0.2, 0.25) is 0 Å². The van der Waals surface area contributed by atoms with Crippen LogP contribution in [0.1, 0.15) is 34.9 Å². The summed E-state index contributed by atoms with van der Waals surface area (Å²) < 4.78 is 26.6. The van der Waals surface area contributed by atoms with Gasteiger partial charge in [-0.05, 0) is 47.9 Å². The molecule has 3 aromatic rings. The van der Waals surface area contributed by atoms with Crippen molar-refractivity contribution in [1.29, 1.82) is 0 Å². The third-order valence-electron chi connectivity index (χ3n) is 4.19. The molecule has 5 heteroatoms. The number of hydrogen-bond donors (Lipinski definition) is 1. The van der Waals surface area contributed by atoms with Crippen LogP contribution in [0.4, 0.5) is 8.78 Å². The quantitative estimate of drug-likeness (QED) is 0.443. The second-order valence-electron chi connectivity index (χ2n) is 6.15. The topological polar surface area (TPSA) is 38.4 Å². The van der Waals surface area contributed by atoms with Gasteiger partial charge in [0.25, 0.3) is 0 Å². The van der Waals surface area contributed by atoms with Crippen molar-refractivity contribution >= 4 is 16.9 Å². The van der Waals surface area contributed by atoms with E-state index in [2.05, 4.69) is 4.99 Å². The van der Waals surface area contributed by atoms with Crippen molar-refractivity contribution < 1.29 is 8.78 Å². The number of thioether (sulfide) groups is 1. The Morgan fingerprint density at radius 1 is 0.778 bits per heavy atom. The Hall–Kier alpha value is -2.66. The van der Waals surface area contributed by atoms with Crippen molar-refractivity contribution in [2.45, 2.75) is 18.2 Å². The summed E-state index contributed by atoms with van der Waals surface area (Å²) in [6, 6.07) is 22.3. The maximum absolute atomic E-state index is 13.3. The van der Waals surface area contributed by atoms with Gasteiger partial charge in [0, 0.05) is 0 Å². The van der Waals surface area contributed by atoms with Crippen LogP contribution in [-0.2, 0) is 0 Å². The molecule has 0 unspecified atom stereocenters. The number of amidine groups is 1. The lowest BCUT2D eigenvalue weighted by Gasteiger charge is -2.18. The van der Waals surface area contributed by atoms with Crippen LogP contribution >= 0.6 is 11.8 Å². The highest BCUT2D eigenvalue weighted by Gasteiger charge is 2.18. The summed E-state index contributed by atoms with van der Waals surface area (Å²) in [7, 11) is 0. The number of nitrogens with two attached hydrogens (primary N) is 1. The number of nitrogens with zero attached hydrogens (tertiary/aromatic N) is 1. The fourth-order valence-electron chi connectivity index (χ4n) is 2.75. The van der Waals surface area contributed by atoms with Gasteiger partial charge < -0.3 is 5.73 Å². The van der Waals surface area contributed by atoms with E-state index in [1.807, 2.05) is 37.3 Å². The molecule has 3 aromatic carbocycles. The number of halogens is 2. The number of benzene rings is 3.